The van der Waals surface area contributed by atoms with Crippen molar-refractivity contribution < 1.29 is 14.6 Å². The molecule has 0 radical (unpaired) electrons. The Morgan fingerprint density at radius 3 is 2.64 bits per heavy atom. The Morgan fingerprint density at radius 2 is 1.91 bits per heavy atom. The van der Waals surface area contributed by atoms with Gasteiger partial charge in [-0.2, -0.15) is 0 Å². The Hall–Kier alpha value is -0.940. The lowest BCUT2D eigenvalue weighted by molar-refractivity contribution is -0.188. The summed E-state index contributed by atoms with van der Waals surface area (Å²) in [6.07, 6.45) is 5.89. The number of ether oxygens (including phenoxy) is 2. The zero-order valence-corrected chi connectivity index (χ0v) is 13.2. The van der Waals surface area contributed by atoms with Gasteiger partial charge in [0.15, 0.2) is 5.79 Å². The molecule has 1 heterocycles. The molecule has 4 heteroatoms. The number of rotatable bonds is 6. The van der Waals surface area contributed by atoms with Gasteiger partial charge in [0, 0.05) is 32.5 Å². The number of aliphatic hydroxyl groups is 1. The minimum Gasteiger partial charge on any atom is -0.395 e. The van der Waals surface area contributed by atoms with Gasteiger partial charge in [-0.3, -0.25) is 4.90 Å². The van der Waals surface area contributed by atoms with Gasteiger partial charge in [0.25, 0.3) is 0 Å². The molecule has 3 rings (SSSR count). The van der Waals surface area contributed by atoms with Crippen molar-refractivity contribution >= 4 is 0 Å². The number of benzene rings is 1. The molecule has 1 spiro atoms. The van der Waals surface area contributed by atoms with E-state index in [2.05, 4.69) is 29.2 Å². The summed E-state index contributed by atoms with van der Waals surface area (Å²) >= 11 is 0. The average Bonchev–Trinajstić information content (AvgIpc) is 2.91. The van der Waals surface area contributed by atoms with Crippen LogP contribution in [0.2, 0.25) is 0 Å². The van der Waals surface area contributed by atoms with Crippen LogP contribution in [0.3, 0.4) is 0 Å². The highest BCUT2D eigenvalue weighted by Gasteiger charge is 2.42. The first kappa shape index (κ1) is 15.9. The quantitative estimate of drug-likeness (QED) is 0.877. The molecule has 1 aliphatic carbocycles. The fraction of sp³-hybridized carbons (Fsp3) is 0.667. The van der Waals surface area contributed by atoms with Crippen LogP contribution in [0.25, 0.3) is 0 Å². The molecule has 1 atom stereocenters. The largest absolute Gasteiger partial charge is 0.395 e. The molecule has 1 aromatic carbocycles. The van der Waals surface area contributed by atoms with Gasteiger partial charge in [0.05, 0.1) is 19.3 Å². The van der Waals surface area contributed by atoms with Crippen LogP contribution in [0.1, 0.15) is 37.7 Å². The van der Waals surface area contributed by atoms with Crippen molar-refractivity contribution in [2.45, 2.75) is 50.5 Å². The molecule has 2 fully saturated rings. The third kappa shape index (κ3) is 4.07. The molecule has 1 aromatic rings. The van der Waals surface area contributed by atoms with E-state index in [1.165, 1.54) is 24.8 Å². The normalized spacial score (nSPS) is 24.2. The highest BCUT2D eigenvalue weighted by molar-refractivity contribution is 5.14. The van der Waals surface area contributed by atoms with Gasteiger partial charge in [0.2, 0.25) is 0 Å². The summed E-state index contributed by atoms with van der Waals surface area (Å²) in [5.74, 6) is -0.305. The molecule has 22 heavy (non-hydrogen) atoms. The first-order valence-electron chi connectivity index (χ1n) is 8.49. The maximum atomic E-state index is 9.32. The lowest BCUT2D eigenvalue weighted by atomic mass is 9.94. The number of hydrogen-bond acceptors (Lipinski definition) is 4. The Kier molecular flexibility index (Phi) is 5.47. The molecule has 0 bridgehead atoms. The Bertz CT molecular complexity index is 445. The number of aliphatic hydroxyl groups excluding tert-OH is 1. The third-order valence-electron chi connectivity index (χ3n) is 4.66. The summed E-state index contributed by atoms with van der Waals surface area (Å²) in [6.45, 7) is 3.18. The summed E-state index contributed by atoms with van der Waals surface area (Å²) in [5.41, 5.74) is 1.27. The van der Waals surface area contributed by atoms with Crippen molar-refractivity contribution in [1.82, 2.24) is 4.90 Å². The Balaban J connectivity index is 1.55. The molecule has 1 aliphatic heterocycles. The second-order valence-electron chi connectivity index (χ2n) is 6.47. The van der Waals surface area contributed by atoms with E-state index in [9.17, 15) is 5.11 Å². The van der Waals surface area contributed by atoms with Gasteiger partial charge in [-0.05, 0) is 18.4 Å². The maximum absolute atomic E-state index is 9.32. The van der Waals surface area contributed by atoms with Crippen LogP contribution < -0.4 is 0 Å². The van der Waals surface area contributed by atoms with Crippen LogP contribution >= 0.6 is 0 Å². The molecule has 1 saturated carbocycles. The molecular weight excluding hydrogens is 278 g/mol. The van der Waals surface area contributed by atoms with Gasteiger partial charge in [-0.15, -0.1) is 0 Å². The third-order valence-corrected chi connectivity index (χ3v) is 4.66. The van der Waals surface area contributed by atoms with Crippen LogP contribution in [0, 0.1) is 0 Å². The summed E-state index contributed by atoms with van der Waals surface area (Å²) < 4.78 is 12.3. The minimum atomic E-state index is -0.305. The highest BCUT2D eigenvalue weighted by atomic mass is 16.7. The standard InChI is InChI=1S/C18H27NO3/c20-12-11-19(13-16-7-3-1-4-8-16)14-17-15-21-18(22-17)9-5-2-6-10-18/h1,3-4,7-8,17,20H,2,5-6,9-15H2/t17-/m0/s1. The van der Waals surface area contributed by atoms with Crippen LogP contribution in [0.15, 0.2) is 30.3 Å². The SMILES string of the molecule is OCCN(Cc1ccccc1)C[C@H]1COC2(CCCCC2)O1. The molecule has 0 amide bonds. The fourth-order valence-electron chi connectivity index (χ4n) is 3.57. The fourth-order valence-corrected chi connectivity index (χ4v) is 3.57. The first-order valence-corrected chi connectivity index (χ1v) is 8.49. The topological polar surface area (TPSA) is 41.9 Å². The van der Waals surface area contributed by atoms with Gasteiger partial charge in [-0.25, -0.2) is 0 Å². The van der Waals surface area contributed by atoms with E-state index < -0.39 is 0 Å². The second-order valence-corrected chi connectivity index (χ2v) is 6.47. The molecule has 4 nitrogen and oxygen atoms in total. The Morgan fingerprint density at radius 1 is 1.14 bits per heavy atom. The van der Waals surface area contributed by atoms with Gasteiger partial charge >= 0.3 is 0 Å². The molecule has 2 aliphatic rings. The maximum Gasteiger partial charge on any atom is 0.168 e. The van der Waals surface area contributed by atoms with Crippen molar-refractivity contribution in [2.24, 2.45) is 0 Å². The monoisotopic (exact) mass is 305 g/mol. The van der Waals surface area contributed by atoms with E-state index in [4.69, 9.17) is 9.47 Å². The van der Waals surface area contributed by atoms with E-state index in [-0.39, 0.29) is 18.5 Å². The zero-order chi connectivity index (χ0) is 15.3. The number of hydrogen-bond donors (Lipinski definition) is 1. The van der Waals surface area contributed by atoms with Gasteiger partial charge in [-0.1, -0.05) is 36.8 Å². The van der Waals surface area contributed by atoms with Crippen molar-refractivity contribution in [3.05, 3.63) is 35.9 Å². The van der Waals surface area contributed by atoms with Crippen molar-refractivity contribution in [2.75, 3.05) is 26.3 Å². The molecule has 122 valence electrons. The molecule has 1 N–H and O–H groups in total. The highest BCUT2D eigenvalue weighted by Crippen LogP contribution is 2.37. The van der Waals surface area contributed by atoms with Crippen molar-refractivity contribution in [1.29, 1.82) is 0 Å². The van der Waals surface area contributed by atoms with Crippen LogP contribution in [0.4, 0.5) is 0 Å². The smallest absolute Gasteiger partial charge is 0.168 e. The zero-order valence-electron chi connectivity index (χ0n) is 13.2. The summed E-state index contributed by atoms with van der Waals surface area (Å²) in [7, 11) is 0. The van der Waals surface area contributed by atoms with E-state index >= 15 is 0 Å². The van der Waals surface area contributed by atoms with Crippen molar-refractivity contribution in [3.63, 3.8) is 0 Å². The summed E-state index contributed by atoms with van der Waals surface area (Å²) in [5, 5.41) is 9.32. The lowest BCUT2D eigenvalue weighted by Crippen LogP contribution is -2.38. The predicted octanol–water partition coefficient (Wildman–Crippen LogP) is 2.56. The van der Waals surface area contributed by atoms with Crippen molar-refractivity contribution in [3.8, 4) is 0 Å². The molecule has 0 unspecified atom stereocenters. The number of nitrogens with zero attached hydrogens (tertiary/aromatic N) is 1. The first-order chi connectivity index (χ1) is 10.8. The van der Waals surface area contributed by atoms with E-state index in [0.717, 1.165) is 25.9 Å². The van der Waals surface area contributed by atoms with Gasteiger partial charge in [0.1, 0.15) is 0 Å². The van der Waals surface area contributed by atoms with E-state index in [1.807, 2.05) is 6.07 Å². The van der Waals surface area contributed by atoms with Crippen LogP contribution in [-0.2, 0) is 16.0 Å². The Labute approximate surface area is 133 Å². The summed E-state index contributed by atoms with van der Waals surface area (Å²) in [6, 6.07) is 10.4. The van der Waals surface area contributed by atoms with E-state index in [1.54, 1.807) is 0 Å². The summed E-state index contributed by atoms with van der Waals surface area (Å²) in [4.78, 5) is 2.26. The molecule has 1 saturated heterocycles. The molecule has 0 aromatic heterocycles. The minimum absolute atomic E-state index is 0.119. The second kappa shape index (κ2) is 7.55. The molecular formula is C18H27NO3. The lowest BCUT2D eigenvalue weighted by Gasteiger charge is -2.32. The predicted molar refractivity (Wildman–Crippen MR) is 85.4 cm³/mol. The van der Waals surface area contributed by atoms with Crippen LogP contribution in [-0.4, -0.2) is 48.2 Å². The van der Waals surface area contributed by atoms with Crippen LogP contribution in [0.5, 0.6) is 0 Å². The van der Waals surface area contributed by atoms with Gasteiger partial charge < -0.3 is 14.6 Å². The van der Waals surface area contributed by atoms with E-state index in [0.29, 0.717) is 13.2 Å². The average molecular weight is 305 g/mol.